The van der Waals surface area contributed by atoms with Crippen LogP contribution < -0.4 is 10.6 Å². The summed E-state index contributed by atoms with van der Waals surface area (Å²) >= 11 is 0. The van der Waals surface area contributed by atoms with Gasteiger partial charge in [-0.15, -0.1) is 0 Å². The van der Waals surface area contributed by atoms with E-state index in [1.54, 1.807) is 0 Å². The van der Waals surface area contributed by atoms with Gasteiger partial charge in [-0.3, -0.25) is 0 Å². The highest BCUT2D eigenvalue weighted by Gasteiger charge is 2.44. The molecule has 0 nitrogen and oxygen atoms in total. The maximum absolute atomic E-state index is 2.58. The number of rotatable bonds is 6. The standard InChI is InChI=1S/C26H44P2/c1-17(2)21-13-14-22(18(3)4)27(21)25-11-9-10-12-26(25)28-23(19(5)6)15-16-24(28)20(7)8/h9-12,17-24H,13-16H2,1-8H3/t21-,22-,23?,24?,28?/m1/s1. The lowest BCUT2D eigenvalue weighted by atomic mass is 10.0. The molecule has 0 radical (unpaired) electrons. The predicted octanol–water partition coefficient (Wildman–Crippen LogP) is 7.59. The Labute approximate surface area is 178 Å². The summed E-state index contributed by atoms with van der Waals surface area (Å²) in [6.45, 7) is 19.9. The third-order valence-electron chi connectivity index (χ3n) is 7.46. The second-order valence-corrected chi connectivity index (χ2v) is 15.9. The van der Waals surface area contributed by atoms with E-state index in [9.17, 15) is 0 Å². The molecule has 0 amide bonds. The zero-order valence-electron chi connectivity index (χ0n) is 19.7. The number of benzene rings is 1. The maximum atomic E-state index is 2.58. The fourth-order valence-corrected chi connectivity index (χ4v) is 14.5. The highest BCUT2D eigenvalue weighted by Crippen LogP contribution is 2.63. The molecule has 0 aliphatic carbocycles. The molecule has 0 spiro atoms. The molecule has 3 rings (SSSR count). The van der Waals surface area contributed by atoms with Crippen LogP contribution in [-0.4, -0.2) is 22.6 Å². The summed E-state index contributed by atoms with van der Waals surface area (Å²) in [4.78, 5) is 0. The Balaban J connectivity index is 2.08. The first-order valence-electron chi connectivity index (χ1n) is 11.9. The van der Waals surface area contributed by atoms with Gasteiger partial charge >= 0.3 is 0 Å². The molecule has 0 saturated carbocycles. The van der Waals surface area contributed by atoms with Crippen molar-refractivity contribution in [2.75, 3.05) is 0 Å². The van der Waals surface area contributed by atoms with E-state index in [0.717, 1.165) is 46.3 Å². The van der Waals surface area contributed by atoms with E-state index in [1.807, 2.05) is 10.6 Å². The normalized spacial score (nSPS) is 31.8. The van der Waals surface area contributed by atoms with Gasteiger partial charge in [-0.05, 0) is 82.6 Å². The minimum Gasteiger partial charge on any atom is -0.0677 e. The second-order valence-electron chi connectivity index (χ2n) is 10.7. The SMILES string of the molecule is CC(C)C1CCC(C(C)C)P1c1ccccc1P1[C@@H](C(C)C)CC[C@@H]1C(C)C. The molecule has 2 heteroatoms. The summed E-state index contributed by atoms with van der Waals surface area (Å²) in [5.74, 6) is 3.28. The van der Waals surface area contributed by atoms with Gasteiger partial charge in [0.1, 0.15) is 0 Å². The van der Waals surface area contributed by atoms with Gasteiger partial charge in [-0.25, -0.2) is 0 Å². The smallest absolute Gasteiger partial charge is 0.0143 e. The minimum absolute atomic E-state index is 0.0433. The lowest BCUT2D eigenvalue weighted by molar-refractivity contribution is 0.543. The number of hydrogen-bond donors (Lipinski definition) is 0. The van der Waals surface area contributed by atoms with Crippen LogP contribution >= 0.6 is 15.8 Å². The van der Waals surface area contributed by atoms with Crippen LogP contribution in [0.1, 0.15) is 81.1 Å². The van der Waals surface area contributed by atoms with E-state index < -0.39 is 0 Å². The van der Waals surface area contributed by atoms with E-state index >= 15 is 0 Å². The van der Waals surface area contributed by atoms with Gasteiger partial charge in [0, 0.05) is 0 Å². The molecule has 2 saturated heterocycles. The van der Waals surface area contributed by atoms with E-state index in [0.29, 0.717) is 0 Å². The third-order valence-corrected chi connectivity index (χ3v) is 15.8. The molecule has 0 N–H and O–H groups in total. The first-order chi connectivity index (χ1) is 13.2. The summed E-state index contributed by atoms with van der Waals surface area (Å²) in [5.41, 5.74) is 3.71. The van der Waals surface area contributed by atoms with Crippen LogP contribution in [0, 0.1) is 23.7 Å². The van der Waals surface area contributed by atoms with Crippen LogP contribution in [0.5, 0.6) is 0 Å². The fourth-order valence-electron chi connectivity index (χ4n) is 5.96. The van der Waals surface area contributed by atoms with Crippen LogP contribution in [0.3, 0.4) is 0 Å². The van der Waals surface area contributed by atoms with Gasteiger partial charge in [0.2, 0.25) is 0 Å². The topological polar surface area (TPSA) is 0 Å². The van der Waals surface area contributed by atoms with Crippen molar-refractivity contribution in [1.29, 1.82) is 0 Å². The van der Waals surface area contributed by atoms with Gasteiger partial charge in [0.25, 0.3) is 0 Å². The highest BCUT2D eigenvalue weighted by molar-refractivity contribution is 7.73. The lowest BCUT2D eigenvalue weighted by Gasteiger charge is -2.37. The van der Waals surface area contributed by atoms with Crippen molar-refractivity contribution in [3.8, 4) is 0 Å². The Bertz CT molecular complexity index is 546. The van der Waals surface area contributed by atoms with Crippen molar-refractivity contribution in [1.82, 2.24) is 0 Å². The molecule has 2 aliphatic heterocycles. The molecule has 2 fully saturated rings. The Hall–Kier alpha value is 0.0800. The molecule has 0 aromatic heterocycles. The summed E-state index contributed by atoms with van der Waals surface area (Å²) < 4.78 is 0. The first-order valence-corrected chi connectivity index (χ1v) is 14.9. The Morgan fingerprint density at radius 3 is 1.00 bits per heavy atom. The molecule has 1 aromatic rings. The van der Waals surface area contributed by atoms with Gasteiger partial charge in [-0.2, -0.15) is 0 Å². The fraction of sp³-hybridized carbons (Fsp3) is 0.769. The Kier molecular flexibility index (Phi) is 7.70. The van der Waals surface area contributed by atoms with Crippen molar-refractivity contribution in [2.24, 2.45) is 23.7 Å². The Morgan fingerprint density at radius 2 is 0.786 bits per heavy atom. The second kappa shape index (κ2) is 9.48. The van der Waals surface area contributed by atoms with Crippen molar-refractivity contribution in [3.63, 3.8) is 0 Å². The largest absolute Gasteiger partial charge is 0.0677 e. The minimum atomic E-state index is -0.0433. The summed E-state index contributed by atoms with van der Waals surface area (Å²) in [6.07, 6.45) is 5.83. The van der Waals surface area contributed by atoms with Crippen LogP contribution in [0.15, 0.2) is 24.3 Å². The van der Waals surface area contributed by atoms with Crippen molar-refractivity contribution in [2.45, 2.75) is 104 Å². The quantitative estimate of drug-likeness (QED) is 0.418. The highest BCUT2D eigenvalue weighted by atomic mass is 31.1. The molecule has 158 valence electrons. The maximum Gasteiger partial charge on any atom is -0.0143 e. The van der Waals surface area contributed by atoms with E-state index in [1.165, 1.54) is 25.7 Å². The van der Waals surface area contributed by atoms with Crippen LogP contribution in [0.4, 0.5) is 0 Å². The van der Waals surface area contributed by atoms with Gasteiger partial charge < -0.3 is 0 Å². The molecule has 4 atom stereocenters. The van der Waals surface area contributed by atoms with Crippen LogP contribution in [0.2, 0.25) is 0 Å². The summed E-state index contributed by atoms with van der Waals surface area (Å²) in [7, 11) is -0.0867. The molecular formula is C26H44P2. The van der Waals surface area contributed by atoms with Crippen molar-refractivity contribution in [3.05, 3.63) is 24.3 Å². The van der Waals surface area contributed by atoms with E-state index in [2.05, 4.69) is 79.7 Å². The zero-order chi connectivity index (χ0) is 20.6. The molecular weight excluding hydrogens is 374 g/mol. The van der Waals surface area contributed by atoms with Crippen molar-refractivity contribution >= 4 is 26.5 Å². The van der Waals surface area contributed by atoms with E-state index in [-0.39, 0.29) is 15.8 Å². The molecule has 2 aliphatic rings. The van der Waals surface area contributed by atoms with E-state index in [4.69, 9.17) is 0 Å². The monoisotopic (exact) mass is 418 g/mol. The average molecular weight is 419 g/mol. The van der Waals surface area contributed by atoms with Crippen molar-refractivity contribution < 1.29 is 0 Å². The third kappa shape index (κ3) is 4.40. The van der Waals surface area contributed by atoms with Crippen LogP contribution in [-0.2, 0) is 0 Å². The molecule has 2 unspecified atom stereocenters. The predicted molar refractivity (Wildman–Crippen MR) is 133 cm³/mol. The van der Waals surface area contributed by atoms with Gasteiger partial charge in [0.15, 0.2) is 0 Å². The molecule has 0 bridgehead atoms. The van der Waals surface area contributed by atoms with Gasteiger partial charge in [-0.1, -0.05) is 95.5 Å². The molecule has 1 aromatic carbocycles. The number of hydrogen-bond acceptors (Lipinski definition) is 0. The summed E-state index contributed by atoms with van der Waals surface area (Å²) in [6, 6.07) is 9.86. The zero-order valence-corrected chi connectivity index (χ0v) is 21.4. The summed E-state index contributed by atoms with van der Waals surface area (Å²) in [5, 5.41) is 3.66. The van der Waals surface area contributed by atoms with Gasteiger partial charge in [0.05, 0.1) is 0 Å². The lowest BCUT2D eigenvalue weighted by Crippen LogP contribution is -2.34. The average Bonchev–Trinajstić information content (AvgIpc) is 3.26. The molecule has 28 heavy (non-hydrogen) atoms. The first kappa shape index (κ1) is 22.8. The van der Waals surface area contributed by atoms with Crippen LogP contribution in [0.25, 0.3) is 0 Å². The molecule has 2 heterocycles. The Morgan fingerprint density at radius 1 is 0.536 bits per heavy atom.